The van der Waals surface area contributed by atoms with Crippen LogP contribution in [-0.4, -0.2) is 32.8 Å². The van der Waals surface area contributed by atoms with Gasteiger partial charge in [-0.1, -0.05) is 82.9 Å². The van der Waals surface area contributed by atoms with Crippen LogP contribution in [0.3, 0.4) is 0 Å². The van der Waals surface area contributed by atoms with E-state index in [0.29, 0.717) is 5.56 Å². The molecule has 2 heterocycles. The fraction of sp³-hybridized carbons (Fsp3) is 0.152. The van der Waals surface area contributed by atoms with Crippen LogP contribution in [0.4, 0.5) is 56.9 Å². The Balaban J connectivity index is 1.12. The summed E-state index contributed by atoms with van der Waals surface area (Å²) >= 11 is 0. The van der Waals surface area contributed by atoms with Crippen molar-refractivity contribution in [1.82, 2.24) is 4.57 Å². The molecule has 9 aromatic carbocycles. The topological polar surface area (TPSA) is 68.7 Å². The first-order valence-corrected chi connectivity index (χ1v) is 25.3. The van der Waals surface area contributed by atoms with Gasteiger partial charge in [0.15, 0.2) is 0 Å². The van der Waals surface area contributed by atoms with Gasteiger partial charge in [0, 0.05) is 112 Å². The number of aryl methyl sites for hydroxylation is 4. The molecule has 10 aromatic rings. The van der Waals surface area contributed by atoms with Gasteiger partial charge >= 0.3 is 0 Å². The van der Waals surface area contributed by atoms with Crippen LogP contribution >= 0.6 is 0 Å². The zero-order valence-electron chi connectivity index (χ0n) is 43.1. The van der Waals surface area contributed by atoms with Crippen LogP contribution in [0.15, 0.2) is 182 Å². The Labute approximate surface area is 434 Å². The Morgan fingerprint density at radius 3 is 1.28 bits per heavy atom. The van der Waals surface area contributed by atoms with Crippen molar-refractivity contribution in [2.24, 2.45) is 0 Å². The van der Waals surface area contributed by atoms with Crippen LogP contribution in [0.5, 0.6) is 0 Å². The minimum absolute atomic E-state index is 0.418. The summed E-state index contributed by atoms with van der Waals surface area (Å²) in [6.45, 7) is 8.46. The highest BCUT2D eigenvalue weighted by Gasteiger charge is 2.49. The molecule has 2 unspecified atom stereocenters. The second-order valence-corrected chi connectivity index (χ2v) is 20.4. The van der Waals surface area contributed by atoms with Crippen LogP contribution in [0.1, 0.15) is 50.9 Å². The molecule has 1 aliphatic carbocycles. The highest BCUT2D eigenvalue weighted by molar-refractivity contribution is 6.22. The fourth-order valence-electron chi connectivity index (χ4n) is 11.4. The summed E-state index contributed by atoms with van der Waals surface area (Å²) in [6, 6.07) is 70.5. The maximum Gasteiger partial charge on any atom is 0.102 e. The number of anilines is 10. The molecule has 12 rings (SSSR count). The van der Waals surface area contributed by atoms with Gasteiger partial charge in [0.25, 0.3) is 0 Å². The molecule has 1 aromatic heterocycles. The third kappa shape index (κ3) is 7.33. The minimum atomic E-state index is -0.554. The Kier molecular flexibility index (Phi) is 11.0. The first-order chi connectivity index (χ1) is 35.9. The van der Waals surface area contributed by atoms with Crippen LogP contribution in [-0.2, 0) is 0 Å². The first-order valence-electron chi connectivity index (χ1n) is 25.3. The quantitative estimate of drug-likeness (QED) is 0.135. The number of hydrogen-bond acceptors (Lipinski definition) is 7. The normalized spacial score (nSPS) is 14.2. The van der Waals surface area contributed by atoms with E-state index in [2.05, 4.69) is 251 Å². The number of hydrogen-bond donors (Lipinski definition) is 0. The monoisotopic (exact) mass is 960 g/mol. The second-order valence-electron chi connectivity index (χ2n) is 20.4. The predicted octanol–water partition coefficient (Wildman–Crippen LogP) is 16.4. The largest absolute Gasteiger partial charge is 0.378 e. The predicted molar refractivity (Wildman–Crippen MR) is 308 cm³/mol. The van der Waals surface area contributed by atoms with E-state index in [1.54, 1.807) is 0 Å². The summed E-state index contributed by atoms with van der Waals surface area (Å²) in [5.74, 6) is -0.554. The SMILES string of the molecule is Cc1ccc(N(c2ccc(C)cc2)c2ccc(N3c4c5ccc(N(C)C)cc5c(C#N)c5c4c4c(n5-c5ccc(N(c6ccc(C)cc6)c6ccc(C)cc6)cc5)-c5ccc(N(C)C)cc5C(C#N)C43)cc2)cc1. The average Bonchev–Trinajstić information content (AvgIpc) is 3.97. The van der Waals surface area contributed by atoms with Crippen molar-refractivity contribution >= 4 is 78.5 Å². The van der Waals surface area contributed by atoms with Crippen molar-refractivity contribution in [3.8, 4) is 29.1 Å². The molecule has 1 aliphatic heterocycles. The summed E-state index contributed by atoms with van der Waals surface area (Å²) in [7, 11) is 8.17. The fourth-order valence-corrected chi connectivity index (χ4v) is 11.4. The molecule has 8 nitrogen and oxygen atoms in total. The van der Waals surface area contributed by atoms with Gasteiger partial charge in [-0.2, -0.15) is 10.5 Å². The Bertz CT molecular complexity index is 3800. The molecule has 0 bridgehead atoms. The van der Waals surface area contributed by atoms with E-state index in [4.69, 9.17) is 0 Å². The van der Waals surface area contributed by atoms with Gasteiger partial charge in [0.05, 0.1) is 40.5 Å². The molecule has 74 heavy (non-hydrogen) atoms. The smallest absolute Gasteiger partial charge is 0.102 e. The van der Waals surface area contributed by atoms with E-state index in [-0.39, 0.29) is 0 Å². The van der Waals surface area contributed by atoms with Gasteiger partial charge in [-0.15, -0.1) is 0 Å². The van der Waals surface area contributed by atoms with E-state index in [1.165, 1.54) is 22.3 Å². The number of rotatable bonds is 10. The van der Waals surface area contributed by atoms with Crippen LogP contribution in [0, 0.1) is 50.4 Å². The molecule has 2 atom stereocenters. The zero-order chi connectivity index (χ0) is 51.1. The van der Waals surface area contributed by atoms with E-state index in [0.717, 1.165) is 107 Å². The average molecular weight is 961 g/mol. The lowest BCUT2D eigenvalue weighted by atomic mass is 9.78. The van der Waals surface area contributed by atoms with E-state index in [9.17, 15) is 10.5 Å². The third-order valence-corrected chi connectivity index (χ3v) is 15.2. The van der Waals surface area contributed by atoms with E-state index >= 15 is 0 Å². The lowest BCUT2D eigenvalue weighted by Crippen LogP contribution is -2.29. The van der Waals surface area contributed by atoms with Crippen LogP contribution < -0.4 is 24.5 Å². The molecule has 360 valence electrons. The standard InChI is InChI=1S/C66H56N8/c1-41-9-17-45(18-10-41)71(46-19-11-42(2)12-20-46)49-25-29-51(30-26-49)73-63-55-35-33-53(69(5)6)37-57(55)60(40-68)66-61(63)62-64(56-36-34-54(70(7)8)38-58(56)59(39-67)65(62)73)74(66)52-31-27-50(28-32-52)72(47-21-13-43(3)14-22-47)48-23-15-44(4)16-24-48/h9-38,59,65H,1-8H3. The summed E-state index contributed by atoms with van der Waals surface area (Å²) in [5.41, 5.74) is 21.5. The lowest BCUT2D eigenvalue weighted by Gasteiger charge is -2.38. The summed E-state index contributed by atoms with van der Waals surface area (Å²) < 4.78 is 2.33. The number of fused-ring (bicyclic) bond motifs is 4. The Hall–Kier alpha value is -9.24. The lowest BCUT2D eigenvalue weighted by molar-refractivity contribution is 0.644. The second kappa shape index (κ2) is 17.8. The highest BCUT2D eigenvalue weighted by Crippen LogP contribution is 2.64. The zero-order valence-corrected chi connectivity index (χ0v) is 43.1. The van der Waals surface area contributed by atoms with Gasteiger partial charge < -0.3 is 29.1 Å². The molecule has 0 spiro atoms. The minimum Gasteiger partial charge on any atom is -0.378 e. The molecular weight excluding hydrogens is 905 g/mol. The van der Waals surface area contributed by atoms with Crippen LogP contribution in [0.25, 0.3) is 38.6 Å². The maximum absolute atomic E-state index is 11.7. The summed E-state index contributed by atoms with van der Waals surface area (Å²) in [6.07, 6.45) is 0. The summed E-state index contributed by atoms with van der Waals surface area (Å²) in [5, 5.41) is 26.1. The molecule has 0 amide bonds. The van der Waals surface area contributed by atoms with Crippen LogP contribution in [0.2, 0.25) is 0 Å². The van der Waals surface area contributed by atoms with Gasteiger partial charge in [0.2, 0.25) is 0 Å². The van der Waals surface area contributed by atoms with Gasteiger partial charge in [0.1, 0.15) is 6.07 Å². The first kappa shape index (κ1) is 45.9. The number of nitrogens with zero attached hydrogens (tertiary/aromatic N) is 8. The number of benzene rings is 9. The molecule has 2 aliphatic rings. The molecule has 0 saturated heterocycles. The molecule has 8 heteroatoms. The van der Waals surface area contributed by atoms with Crippen molar-refractivity contribution in [1.29, 1.82) is 10.5 Å². The van der Waals surface area contributed by atoms with Crippen molar-refractivity contribution in [2.75, 3.05) is 52.7 Å². The maximum atomic E-state index is 11.7. The van der Waals surface area contributed by atoms with E-state index < -0.39 is 12.0 Å². The Morgan fingerprint density at radius 1 is 0.446 bits per heavy atom. The molecule has 0 N–H and O–H groups in total. The van der Waals surface area contributed by atoms with Crippen molar-refractivity contribution in [2.45, 2.75) is 39.7 Å². The van der Waals surface area contributed by atoms with Gasteiger partial charge in [-0.25, -0.2) is 0 Å². The van der Waals surface area contributed by atoms with E-state index in [1.807, 2.05) is 28.2 Å². The number of nitriles is 2. The highest BCUT2D eigenvalue weighted by atomic mass is 15.2. The molecule has 0 radical (unpaired) electrons. The van der Waals surface area contributed by atoms with Crippen molar-refractivity contribution < 1.29 is 0 Å². The molecule has 0 saturated carbocycles. The third-order valence-electron chi connectivity index (χ3n) is 15.2. The molecular formula is C66H56N8. The molecule has 0 fully saturated rings. The van der Waals surface area contributed by atoms with Gasteiger partial charge in [-0.3, -0.25) is 0 Å². The van der Waals surface area contributed by atoms with Gasteiger partial charge in [-0.05, 0) is 155 Å². The van der Waals surface area contributed by atoms with Crippen molar-refractivity contribution in [3.05, 3.63) is 221 Å². The van der Waals surface area contributed by atoms with Crippen molar-refractivity contribution in [3.63, 3.8) is 0 Å². The summed E-state index contributed by atoms with van der Waals surface area (Å²) in [4.78, 5) is 11.2. The Morgan fingerprint density at radius 2 is 0.851 bits per heavy atom. The number of aromatic nitrogens is 1.